The molecule has 180 valence electrons. The Labute approximate surface area is 206 Å². The zero-order valence-electron chi connectivity index (χ0n) is 19.4. The average molecular weight is 483 g/mol. The number of hydrogen-bond acceptors (Lipinski definition) is 8. The summed E-state index contributed by atoms with van der Waals surface area (Å²) >= 11 is 0. The topological polar surface area (TPSA) is 118 Å². The van der Waals surface area contributed by atoms with Crippen molar-refractivity contribution in [3.05, 3.63) is 90.6 Å². The maximum absolute atomic E-state index is 13.2. The van der Waals surface area contributed by atoms with Crippen molar-refractivity contribution < 1.29 is 23.9 Å². The van der Waals surface area contributed by atoms with Gasteiger partial charge in [-0.05, 0) is 48.1 Å². The average Bonchev–Trinajstić information content (AvgIpc) is 3.42. The van der Waals surface area contributed by atoms with Gasteiger partial charge in [-0.3, -0.25) is 14.5 Å². The van der Waals surface area contributed by atoms with Crippen LogP contribution in [0.1, 0.15) is 12.1 Å². The highest BCUT2D eigenvalue weighted by Crippen LogP contribution is 2.28. The maximum Gasteiger partial charge on any atom is 0.254 e. The van der Waals surface area contributed by atoms with E-state index < -0.39 is 12.0 Å². The summed E-state index contributed by atoms with van der Waals surface area (Å²) in [6, 6.07) is 24.4. The van der Waals surface area contributed by atoms with Crippen LogP contribution in [0.25, 0.3) is 5.69 Å². The van der Waals surface area contributed by atoms with Crippen LogP contribution in [0.4, 0.5) is 17.1 Å². The normalized spacial score (nSPS) is 15.9. The van der Waals surface area contributed by atoms with Gasteiger partial charge in [-0.15, -0.1) is 0 Å². The minimum atomic E-state index is -0.728. The molecular formula is C26H22N6O4. The number of anilines is 1. The molecule has 1 fully saturated rings. The Morgan fingerprint density at radius 3 is 2.25 bits per heavy atom. The molecule has 4 aromatic rings. The number of carbonyl (C=O) groups excluding carboxylic acids is 2. The van der Waals surface area contributed by atoms with Gasteiger partial charge in [0.1, 0.15) is 0 Å². The van der Waals surface area contributed by atoms with E-state index in [1.54, 1.807) is 48.3 Å². The molecule has 1 aliphatic rings. The minimum absolute atomic E-state index is 0.00436. The van der Waals surface area contributed by atoms with E-state index in [0.717, 1.165) is 10.6 Å². The van der Waals surface area contributed by atoms with Crippen LogP contribution >= 0.6 is 0 Å². The number of rotatable bonds is 7. The first-order chi connectivity index (χ1) is 17.5. The molecule has 3 aromatic carbocycles. The van der Waals surface area contributed by atoms with Crippen molar-refractivity contribution in [1.82, 2.24) is 10.2 Å². The second-order valence-electron chi connectivity index (χ2n) is 8.31. The molecule has 0 spiro atoms. The first kappa shape index (κ1) is 23.1. The zero-order chi connectivity index (χ0) is 25.1. The summed E-state index contributed by atoms with van der Waals surface area (Å²) in [5, 5.41) is 24.5. The van der Waals surface area contributed by atoms with E-state index in [4.69, 9.17) is 4.52 Å². The van der Waals surface area contributed by atoms with E-state index in [2.05, 4.69) is 15.5 Å². The van der Waals surface area contributed by atoms with Crippen molar-refractivity contribution in [2.24, 2.45) is 10.2 Å². The second kappa shape index (κ2) is 9.88. The molecule has 1 atom stereocenters. The van der Waals surface area contributed by atoms with Crippen LogP contribution in [0.5, 0.6) is 5.95 Å². The summed E-state index contributed by atoms with van der Waals surface area (Å²) in [5.41, 5.74) is 2.69. The standard InChI is InChI=1S/C26H22N6O4/c1-30(17-23-26(35)36-29-32(23)21-10-6-3-7-11-21)22-16-24(33)31(25(22)34)20-14-12-19(13-15-20)28-27-18-8-4-2-5-9-18/h2-15,22H,16-17H2,1H3. The molecule has 0 N–H and O–H groups in total. The van der Waals surface area contributed by atoms with E-state index >= 15 is 0 Å². The molecule has 10 nitrogen and oxygen atoms in total. The number of azo groups is 1. The lowest BCUT2D eigenvalue weighted by molar-refractivity contribution is -0.678. The van der Waals surface area contributed by atoms with Crippen molar-refractivity contribution in [1.29, 1.82) is 0 Å². The fourth-order valence-electron chi connectivity index (χ4n) is 4.03. The van der Waals surface area contributed by atoms with E-state index in [9.17, 15) is 14.7 Å². The number of benzene rings is 3. The molecule has 2 heterocycles. The number of aromatic nitrogens is 2. The van der Waals surface area contributed by atoms with E-state index in [0.29, 0.717) is 17.1 Å². The van der Waals surface area contributed by atoms with Gasteiger partial charge in [0.05, 0.1) is 41.3 Å². The van der Waals surface area contributed by atoms with Crippen LogP contribution in [0.3, 0.4) is 0 Å². The first-order valence-electron chi connectivity index (χ1n) is 11.3. The summed E-state index contributed by atoms with van der Waals surface area (Å²) in [6.45, 7) is 0.0769. The third-order valence-electron chi connectivity index (χ3n) is 5.90. The number of imide groups is 1. The summed E-state index contributed by atoms with van der Waals surface area (Å²) in [4.78, 5) is 28.8. The SMILES string of the molecule is CN(Cc1c([O-])on[n+]1-c1ccccc1)C1CC(=O)N(c2ccc(N=Nc3ccccc3)cc2)C1=O. The number of hydrogen-bond donors (Lipinski definition) is 0. The molecule has 1 saturated heterocycles. The third-order valence-corrected chi connectivity index (χ3v) is 5.90. The first-order valence-corrected chi connectivity index (χ1v) is 11.3. The minimum Gasteiger partial charge on any atom is -0.539 e. The van der Waals surface area contributed by atoms with Crippen LogP contribution in [0.15, 0.2) is 99.7 Å². The van der Waals surface area contributed by atoms with Gasteiger partial charge in [0.15, 0.2) is 5.95 Å². The number of amides is 2. The van der Waals surface area contributed by atoms with Gasteiger partial charge < -0.3 is 9.63 Å². The third kappa shape index (κ3) is 4.62. The maximum atomic E-state index is 13.2. The molecule has 1 unspecified atom stereocenters. The van der Waals surface area contributed by atoms with Crippen LogP contribution in [0.2, 0.25) is 0 Å². The highest BCUT2D eigenvalue weighted by molar-refractivity contribution is 6.22. The Morgan fingerprint density at radius 1 is 0.972 bits per heavy atom. The Balaban J connectivity index is 1.30. The van der Waals surface area contributed by atoms with Crippen molar-refractivity contribution in [2.75, 3.05) is 11.9 Å². The molecule has 0 radical (unpaired) electrons. The van der Waals surface area contributed by atoms with Gasteiger partial charge in [0.25, 0.3) is 11.6 Å². The van der Waals surface area contributed by atoms with Crippen molar-refractivity contribution in [3.8, 4) is 11.6 Å². The molecule has 0 bridgehead atoms. The molecule has 36 heavy (non-hydrogen) atoms. The van der Waals surface area contributed by atoms with E-state index in [1.165, 1.54) is 4.68 Å². The number of carbonyl (C=O) groups is 2. The molecule has 1 aliphatic heterocycles. The number of likely N-dealkylation sites (N-methyl/N-ethyl adjacent to an activating group) is 1. The predicted molar refractivity (Wildman–Crippen MR) is 127 cm³/mol. The second-order valence-corrected chi connectivity index (χ2v) is 8.31. The van der Waals surface area contributed by atoms with Crippen molar-refractivity contribution >= 4 is 28.9 Å². The van der Waals surface area contributed by atoms with Crippen LogP contribution in [0, 0.1) is 0 Å². The fraction of sp³-hybridized carbons (Fsp3) is 0.154. The van der Waals surface area contributed by atoms with Crippen LogP contribution in [-0.2, 0) is 16.1 Å². The Morgan fingerprint density at radius 2 is 1.58 bits per heavy atom. The summed E-state index contributed by atoms with van der Waals surface area (Å²) < 4.78 is 6.27. The van der Waals surface area contributed by atoms with Crippen LogP contribution < -0.4 is 14.7 Å². The summed E-state index contributed by atoms with van der Waals surface area (Å²) in [7, 11) is 1.69. The van der Waals surface area contributed by atoms with Gasteiger partial charge in [0, 0.05) is 12.1 Å². The zero-order valence-corrected chi connectivity index (χ0v) is 19.4. The predicted octanol–water partition coefficient (Wildman–Crippen LogP) is 3.20. The molecule has 0 aliphatic carbocycles. The molecule has 10 heteroatoms. The van der Waals surface area contributed by atoms with E-state index in [-0.39, 0.29) is 30.5 Å². The van der Waals surface area contributed by atoms with Gasteiger partial charge in [-0.25, -0.2) is 4.90 Å². The molecule has 2 amide bonds. The highest BCUT2D eigenvalue weighted by atomic mass is 16.6. The highest BCUT2D eigenvalue weighted by Gasteiger charge is 2.42. The van der Waals surface area contributed by atoms with Gasteiger partial charge in [-0.1, -0.05) is 36.4 Å². The molecule has 0 saturated carbocycles. The lowest BCUT2D eigenvalue weighted by Crippen LogP contribution is -2.44. The Hall–Kier alpha value is -4.70. The fourth-order valence-corrected chi connectivity index (χ4v) is 4.03. The van der Waals surface area contributed by atoms with Gasteiger partial charge in [-0.2, -0.15) is 10.2 Å². The monoisotopic (exact) mass is 482 g/mol. The summed E-state index contributed by atoms with van der Waals surface area (Å²) in [6.07, 6.45) is -0.00436. The summed E-state index contributed by atoms with van der Waals surface area (Å²) in [5.74, 6) is -1.28. The lowest BCUT2D eigenvalue weighted by Gasteiger charge is -2.21. The van der Waals surface area contributed by atoms with E-state index in [1.807, 2.05) is 48.5 Å². The largest absolute Gasteiger partial charge is 0.539 e. The molecule has 1 aromatic heterocycles. The lowest BCUT2D eigenvalue weighted by atomic mass is 10.2. The molecule has 5 rings (SSSR count). The Bertz CT molecular complexity index is 1400. The smallest absolute Gasteiger partial charge is 0.254 e. The van der Waals surface area contributed by atoms with Gasteiger partial charge in [0.2, 0.25) is 11.6 Å². The number of para-hydroxylation sites is 1. The van der Waals surface area contributed by atoms with Crippen molar-refractivity contribution in [2.45, 2.75) is 19.0 Å². The van der Waals surface area contributed by atoms with Crippen LogP contribution in [-0.4, -0.2) is 35.1 Å². The molecular weight excluding hydrogens is 460 g/mol. The Kier molecular flexibility index (Phi) is 6.33. The quantitative estimate of drug-likeness (QED) is 0.227. The van der Waals surface area contributed by atoms with Gasteiger partial charge >= 0.3 is 0 Å². The van der Waals surface area contributed by atoms with Crippen molar-refractivity contribution in [3.63, 3.8) is 0 Å². The number of nitrogens with zero attached hydrogens (tertiary/aromatic N) is 6.